The summed E-state index contributed by atoms with van der Waals surface area (Å²) < 4.78 is 0. The summed E-state index contributed by atoms with van der Waals surface area (Å²) in [5.74, 6) is -0.0814. The van der Waals surface area contributed by atoms with Crippen molar-refractivity contribution >= 4 is 22.8 Å². The van der Waals surface area contributed by atoms with Crippen LogP contribution in [-0.4, -0.2) is 15.7 Å². The number of benzene rings is 1. The number of nitro groups is 1. The van der Waals surface area contributed by atoms with Crippen LogP contribution < -0.4 is 0 Å². The average molecular weight is 262 g/mol. The van der Waals surface area contributed by atoms with Gasteiger partial charge < -0.3 is 0 Å². The van der Waals surface area contributed by atoms with Gasteiger partial charge in [-0.15, -0.1) is 11.3 Å². The first-order valence-corrected chi connectivity index (χ1v) is 6.04. The summed E-state index contributed by atoms with van der Waals surface area (Å²) in [5.41, 5.74) is 1.11. The summed E-state index contributed by atoms with van der Waals surface area (Å²) in [6.45, 7) is 3.27. The molecule has 1 heterocycles. The summed E-state index contributed by atoms with van der Waals surface area (Å²) in [6.07, 6.45) is 0. The lowest BCUT2D eigenvalue weighted by Crippen LogP contribution is -1.93. The van der Waals surface area contributed by atoms with Gasteiger partial charge in [0.05, 0.1) is 20.5 Å². The maximum Gasteiger partial charge on any atom is 0.270 e. The monoisotopic (exact) mass is 262 g/mol. The quantitative estimate of drug-likeness (QED) is 0.483. The number of aryl methyl sites for hydroxylation is 1. The van der Waals surface area contributed by atoms with Crippen LogP contribution in [0.5, 0.6) is 0 Å². The molecule has 0 saturated carbocycles. The molecular formula is C12H10N2O3S. The van der Waals surface area contributed by atoms with Gasteiger partial charge in [-0.1, -0.05) is 12.1 Å². The molecule has 6 heteroatoms. The number of rotatable bonds is 3. The minimum atomic E-state index is -0.462. The first kappa shape index (κ1) is 12.4. The molecule has 5 nitrogen and oxygen atoms in total. The van der Waals surface area contributed by atoms with Gasteiger partial charge in [-0.25, -0.2) is 4.98 Å². The van der Waals surface area contributed by atoms with E-state index in [9.17, 15) is 14.9 Å². The predicted molar refractivity (Wildman–Crippen MR) is 68.9 cm³/mol. The number of ketones is 1. The number of carbonyl (C=O) groups excluding carboxylic acids is 1. The first-order valence-electron chi connectivity index (χ1n) is 5.22. The van der Waals surface area contributed by atoms with Crippen molar-refractivity contribution in [2.75, 3.05) is 0 Å². The Balaban J connectivity index is 2.58. The number of nitro benzene ring substituents is 1. The van der Waals surface area contributed by atoms with E-state index in [-0.39, 0.29) is 11.5 Å². The predicted octanol–water partition coefficient (Wildman–Crippen LogP) is 3.23. The standard InChI is InChI=1S/C12H10N2O3S/c1-7(15)12-11(13-8(2)18-12)9-4-3-5-10(6-9)14(16)17/h3-6H,1-2H3. The summed E-state index contributed by atoms with van der Waals surface area (Å²) in [5, 5.41) is 11.5. The zero-order chi connectivity index (χ0) is 13.3. The molecule has 18 heavy (non-hydrogen) atoms. The number of non-ortho nitro benzene ring substituents is 1. The highest BCUT2D eigenvalue weighted by atomic mass is 32.1. The van der Waals surface area contributed by atoms with Crippen molar-refractivity contribution in [2.45, 2.75) is 13.8 Å². The van der Waals surface area contributed by atoms with Gasteiger partial charge in [0.25, 0.3) is 5.69 Å². The molecule has 0 unspecified atom stereocenters. The molecule has 0 amide bonds. The van der Waals surface area contributed by atoms with E-state index in [2.05, 4.69) is 4.98 Å². The van der Waals surface area contributed by atoms with Gasteiger partial charge in [0.1, 0.15) is 0 Å². The van der Waals surface area contributed by atoms with E-state index in [0.717, 1.165) is 5.01 Å². The first-order chi connectivity index (χ1) is 8.49. The highest BCUT2D eigenvalue weighted by Gasteiger charge is 2.16. The summed E-state index contributed by atoms with van der Waals surface area (Å²) >= 11 is 1.30. The number of carbonyl (C=O) groups is 1. The largest absolute Gasteiger partial charge is 0.294 e. The fourth-order valence-electron chi connectivity index (χ4n) is 1.63. The molecular weight excluding hydrogens is 252 g/mol. The Morgan fingerprint density at radius 2 is 2.17 bits per heavy atom. The Morgan fingerprint density at radius 1 is 1.44 bits per heavy atom. The van der Waals surface area contributed by atoms with E-state index in [0.29, 0.717) is 16.1 Å². The highest BCUT2D eigenvalue weighted by Crippen LogP contribution is 2.30. The van der Waals surface area contributed by atoms with Crippen LogP contribution >= 0.6 is 11.3 Å². The molecule has 0 spiro atoms. The van der Waals surface area contributed by atoms with Crippen molar-refractivity contribution in [2.24, 2.45) is 0 Å². The Labute approximate surface area is 107 Å². The third-order valence-corrected chi connectivity index (χ3v) is 3.46. The molecule has 1 aromatic carbocycles. The summed E-state index contributed by atoms with van der Waals surface area (Å²) in [4.78, 5) is 26.6. The molecule has 0 N–H and O–H groups in total. The fraction of sp³-hybridized carbons (Fsp3) is 0.167. The number of nitrogens with zero attached hydrogens (tertiary/aromatic N) is 2. The lowest BCUT2D eigenvalue weighted by atomic mass is 10.1. The molecule has 0 aliphatic rings. The van der Waals surface area contributed by atoms with E-state index in [1.165, 1.54) is 30.4 Å². The molecule has 0 aliphatic carbocycles. The Kier molecular flexibility index (Phi) is 3.20. The van der Waals surface area contributed by atoms with Crippen LogP contribution in [0.3, 0.4) is 0 Å². The van der Waals surface area contributed by atoms with Crippen LogP contribution in [0.15, 0.2) is 24.3 Å². The lowest BCUT2D eigenvalue weighted by Gasteiger charge is -1.99. The normalized spacial score (nSPS) is 10.3. The third-order valence-electron chi connectivity index (χ3n) is 2.38. The number of hydrogen-bond acceptors (Lipinski definition) is 5. The maximum atomic E-state index is 11.5. The second-order valence-electron chi connectivity index (χ2n) is 3.77. The van der Waals surface area contributed by atoms with Crippen LogP contribution in [0.25, 0.3) is 11.3 Å². The van der Waals surface area contributed by atoms with Gasteiger partial charge in [-0.05, 0) is 6.92 Å². The van der Waals surface area contributed by atoms with Crippen molar-refractivity contribution in [1.82, 2.24) is 4.98 Å². The van der Waals surface area contributed by atoms with Crippen molar-refractivity contribution in [3.8, 4) is 11.3 Å². The van der Waals surface area contributed by atoms with E-state index in [4.69, 9.17) is 0 Å². The lowest BCUT2D eigenvalue weighted by molar-refractivity contribution is -0.384. The van der Waals surface area contributed by atoms with Crippen molar-refractivity contribution < 1.29 is 9.72 Å². The third kappa shape index (κ3) is 2.28. The summed E-state index contributed by atoms with van der Waals surface area (Å²) in [7, 11) is 0. The van der Waals surface area contributed by atoms with Crippen molar-refractivity contribution in [3.63, 3.8) is 0 Å². The second kappa shape index (κ2) is 4.66. The van der Waals surface area contributed by atoms with Gasteiger partial charge in [-0.2, -0.15) is 0 Å². The topological polar surface area (TPSA) is 73.1 Å². The van der Waals surface area contributed by atoms with Gasteiger partial charge in [0.15, 0.2) is 5.78 Å². The highest BCUT2D eigenvalue weighted by molar-refractivity contribution is 7.14. The van der Waals surface area contributed by atoms with Crippen molar-refractivity contribution in [1.29, 1.82) is 0 Å². The van der Waals surface area contributed by atoms with Crippen LogP contribution in [0.1, 0.15) is 21.6 Å². The smallest absolute Gasteiger partial charge is 0.270 e. The van der Waals surface area contributed by atoms with Crippen LogP contribution in [-0.2, 0) is 0 Å². The number of thiazole rings is 1. The van der Waals surface area contributed by atoms with Crippen LogP contribution in [0, 0.1) is 17.0 Å². The van der Waals surface area contributed by atoms with Gasteiger partial charge in [0.2, 0.25) is 0 Å². The number of hydrogen-bond donors (Lipinski definition) is 0. The molecule has 0 fully saturated rings. The summed E-state index contributed by atoms with van der Waals surface area (Å²) in [6, 6.07) is 6.15. The van der Waals surface area contributed by atoms with Crippen molar-refractivity contribution in [3.05, 3.63) is 44.3 Å². The zero-order valence-corrected chi connectivity index (χ0v) is 10.7. The minimum Gasteiger partial charge on any atom is -0.294 e. The minimum absolute atomic E-state index is 0.00680. The number of Topliss-reactive ketones (excluding diaryl/α,β-unsaturated/α-hetero) is 1. The Hall–Kier alpha value is -2.08. The van der Waals surface area contributed by atoms with E-state index < -0.39 is 4.92 Å². The Morgan fingerprint density at radius 3 is 2.78 bits per heavy atom. The SMILES string of the molecule is CC(=O)c1sc(C)nc1-c1cccc([N+](=O)[O-])c1. The molecule has 0 atom stereocenters. The zero-order valence-electron chi connectivity index (χ0n) is 9.84. The van der Waals surface area contributed by atoms with Crippen LogP contribution in [0.4, 0.5) is 5.69 Å². The molecule has 2 aromatic rings. The average Bonchev–Trinajstić information content (AvgIpc) is 2.72. The molecule has 0 aliphatic heterocycles. The second-order valence-corrected chi connectivity index (χ2v) is 4.98. The van der Waals surface area contributed by atoms with Gasteiger partial charge >= 0.3 is 0 Å². The molecule has 1 aromatic heterocycles. The van der Waals surface area contributed by atoms with E-state index in [1.54, 1.807) is 19.1 Å². The fourth-order valence-corrected chi connectivity index (χ4v) is 2.46. The number of aromatic nitrogens is 1. The Bertz CT molecular complexity index is 634. The molecule has 0 bridgehead atoms. The maximum absolute atomic E-state index is 11.5. The van der Waals surface area contributed by atoms with Gasteiger partial charge in [-0.3, -0.25) is 14.9 Å². The van der Waals surface area contributed by atoms with Gasteiger partial charge in [0, 0.05) is 24.6 Å². The van der Waals surface area contributed by atoms with Crippen LogP contribution in [0.2, 0.25) is 0 Å². The molecule has 0 radical (unpaired) electrons. The van der Waals surface area contributed by atoms with E-state index >= 15 is 0 Å². The molecule has 0 saturated heterocycles. The molecule has 2 rings (SSSR count). The molecule has 92 valence electrons. The van der Waals surface area contributed by atoms with E-state index in [1.807, 2.05) is 0 Å².